The number of carbonyl (C=O) groups excluding carboxylic acids is 1. The van der Waals surface area contributed by atoms with Crippen LogP contribution in [0.5, 0.6) is 0 Å². The molecule has 6 nitrogen and oxygen atoms in total. The van der Waals surface area contributed by atoms with Crippen molar-refractivity contribution in [1.82, 2.24) is 10.6 Å². The van der Waals surface area contributed by atoms with Crippen molar-refractivity contribution in [1.29, 1.82) is 0 Å². The Morgan fingerprint density at radius 1 is 1.26 bits per heavy atom. The molecule has 0 aliphatic rings. The topological polar surface area (TPSA) is 85.8 Å². The number of guanidine groups is 1. The fourth-order valence-electron chi connectivity index (χ4n) is 2.15. The van der Waals surface area contributed by atoms with Crippen LogP contribution in [0.1, 0.15) is 18.7 Å². The summed E-state index contributed by atoms with van der Waals surface area (Å²) in [5.41, 5.74) is -0.536. The molecule has 0 aliphatic heterocycles. The van der Waals surface area contributed by atoms with Crippen LogP contribution in [0.4, 0.5) is 10.1 Å². The zero-order chi connectivity index (χ0) is 19.0. The normalized spacial score (nSPS) is 13.3. The molecule has 0 saturated carbocycles. The summed E-state index contributed by atoms with van der Waals surface area (Å²) in [5, 5.41) is 21.2. The molecule has 0 saturated heterocycles. The minimum Gasteiger partial charge on any atom is -0.383 e. The van der Waals surface area contributed by atoms with E-state index in [1.165, 1.54) is 35.6 Å². The number of thiophene rings is 1. The molecule has 0 bridgehead atoms. The van der Waals surface area contributed by atoms with Crippen molar-refractivity contribution in [3.8, 4) is 0 Å². The number of halogens is 2. The highest BCUT2D eigenvalue weighted by Gasteiger charge is 2.24. The Kier molecular flexibility index (Phi) is 9.67. The maximum absolute atomic E-state index is 12.9. The third-order valence-corrected chi connectivity index (χ3v) is 4.63. The van der Waals surface area contributed by atoms with Crippen molar-refractivity contribution in [2.45, 2.75) is 19.4 Å². The van der Waals surface area contributed by atoms with Crippen molar-refractivity contribution in [2.24, 2.45) is 4.99 Å². The van der Waals surface area contributed by atoms with E-state index in [1.807, 2.05) is 24.4 Å². The van der Waals surface area contributed by atoms with Gasteiger partial charge in [-0.05, 0) is 49.6 Å². The first-order valence-corrected chi connectivity index (χ1v) is 9.12. The van der Waals surface area contributed by atoms with Gasteiger partial charge in [0.25, 0.3) is 0 Å². The predicted octanol–water partition coefficient (Wildman–Crippen LogP) is 2.91. The second-order valence-electron chi connectivity index (χ2n) is 5.85. The second kappa shape index (κ2) is 11.2. The smallest absolute Gasteiger partial charge is 0.246 e. The number of nitrogens with one attached hydrogen (secondary N) is 3. The van der Waals surface area contributed by atoms with Crippen molar-refractivity contribution < 1.29 is 14.3 Å². The number of carbonyl (C=O) groups is 1. The molecule has 1 heterocycles. The summed E-state index contributed by atoms with van der Waals surface area (Å²) < 4.78 is 12.9. The van der Waals surface area contributed by atoms with Gasteiger partial charge >= 0.3 is 0 Å². The van der Waals surface area contributed by atoms with Crippen molar-refractivity contribution in [2.75, 3.05) is 25.0 Å². The molecule has 0 fully saturated rings. The van der Waals surface area contributed by atoms with Crippen LogP contribution in [0.25, 0.3) is 0 Å². The predicted molar refractivity (Wildman–Crippen MR) is 118 cm³/mol. The van der Waals surface area contributed by atoms with Gasteiger partial charge in [-0.2, -0.15) is 0 Å². The number of anilines is 1. The first-order chi connectivity index (χ1) is 12.4. The number of amides is 1. The average Bonchev–Trinajstić information content (AvgIpc) is 3.15. The molecule has 2 aromatic rings. The van der Waals surface area contributed by atoms with Crippen LogP contribution in [-0.4, -0.2) is 36.6 Å². The summed E-state index contributed by atoms with van der Waals surface area (Å²) in [4.78, 5) is 17.0. The van der Waals surface area contributed by atoms with Crippen LogP contribution < -0.4 is 16.0 Å². The van der Waals surface area contributed by atoms with Gasteiger partial charge in [0.1, 0.15) is 18.0 Å². The molecular formula is C18H24FIN4O2S. The van der Waals surface area contributed by atoms with E-state index < -0.39 is 5.60 Å². The van der Waals surface area contributed by atoms with E-state index in [-0.39, 0.29) is 48.8 Å². The Hall–Kier alpha value is -1.72. The highest BCUT2D eigenvalue weighted by atomic mass is 127. The summed E-state index contributed by atoms with van der Waals surface area (Å²) in [6.07, 6.45) is 0. The van der Waals surface area contributed by atoms with E-state index in [0.717, 1.165) is 4.88 Å². The molecule has 1 aromatic carbocycles. The Morgan fingerprint density at radius 2 is 1.96 bits per heavy atom. The maximum Gasteiger partial charge on any atom is 0.246 e. The van der Waals surface area contributed by atoms with Crippen LogP contribution in [0.15, 0.2) is 46.8 Å². The number of hydrogen-bond donors (Lipinski definition) is 4. The monoisotopic (exact) mass is 506 g/mol. The Morgan fingerprint density at radius 3 is 2.56 bits per heavy atom. The van der Waals surface area contributed by atoms with Crippen LogP contribution in [-0.2, 0) is 10.4 Å². The lowest BCUT2D eigenvalue weighted by Gasteiger charge is -2.23. The molecule has 1 atom stereocenters. The summed E-state index contributed by atoms with van der Waals surface area (Å²) in [6, 6.07) is 9.27. The molecule has 0 radical (unpaired) electrons. The summed E-state index contributed by atoms with van der Waals surface area (Å²) in [6.45, 7) is 4.39. The number of nitrogens with zero attached hydrogens (tertiary/aromatic N) is 1. The van der Waals surface area contributed by atoms with Gasteiger partial charge in [-0.1, -0.05) is 6.07 Å². The Balaban J connectivity index is 0.00000364. The fourth-order valence-corrected chi connectivity index (χ4v) is 2.94. The number of hydrogen-bond acceptors (Lipinski definition) is 4. The number of rotatable bonds is 7. The number of aliphatic imine (C=N–C) groups is 1. The standard InChI is InChI=1S/C18H23FN4O2S.HI/c1-3-20-17(22-12-18(2,25)15-5-4-10-26-15)21-11-16(24)23-14-8-6-13(19)7-9-14;/h4-10,25H,3,11-12H2,1-2H3,(H,23,24)(H2,20,21,22);1H. The molecule has 4 N–H and O–H groups in total. The summed E-state index contributed by atoms with van der Waals surface area (Å²) in [5.74, 6) is -0.255. The molecule has 9 heteroatoms. The Labute approximate surface area is 179 Å². The fraction of sp³-hybridized carbons (Fsp3) is 0.333. The van der Waals surface area contributed by atoms with E-state index in [9.17, 15) is 14.3 Å². The lowest BCUT2D eigenvalue weighted by molar-refractivity contribution is -0.114. The minimum atomic E-state index is -1.04. The largest absolute Gasteiger partial charge is 0.383 e. The molecular weight excluding hydrogens is 482 g/mol. The first-order valence-electron chi connectivity index (χ1n) is 8.24. The first kappa shape index (κ1) is 23.3. The van der Waals surface area contributed by atoms with Crippen LogP contribution >= 0.6 is 35.3 Å². The van der Waals surface area contributed by atoms with Gasteiger partial charge in [-0.3, -0.25) is 4.79 Å². The SMILES string of the molecule is CCNC(=NCC(=O)Nc1ccc(F)cc1)NCC(C)(O)c1cccs1.I. The molecule has 1 amide bonds. The van der Waals surface area contributed by atoms with Gasteiger partial charge in [0.15, 0.2) is 5.96 Å². The van der Waals surface area contributed by atoms with Gasteiger partial charge in [0, 0.05) is 17.1 Å². The van der Waals surface area contributed by atoms with Crippen LogP contribution in [0.3, 0.4) is 0 Å². The second-order valence-corrected chi connectivity index (χ2v) is 6.80. The Bertz CT molecular complexity index is 736. The van der Waals surface area contributed by atoms with E-state index >= 15 is 0 Å². The summed E-state index contributed by atoms with van der Waals surface area (Å²) in [7, 11) is 0. The van der Waals surface area contributed by atoms with E-state index in [2.05, 4.69) is 20.9 Å². The van der Waals surface area contributed by atoms with Crippen molar-refractivity contribution in [3.63, 3.8) is 0 Å². The molecule has 0 aliphatic carbocycles. The van der Waals surface area contributed by atoms with Gasteiger partial charge < -0.3 is 21.1 Å². The van der Waals surface area contributed by atoms with E-state index in [4.69, 9.17) is 0 Å². The third kappa shape index (κ3) is 7.81. The number of benzene rings is 1. The lowest BCUT2D eigenvalue weighted by atomic mass is 10.1. The highest BCUT2D eigenvalue weighted by molar-refractivity contribution is 14.0. The van der Waals surface area contributed by atoms with Gasteiger partial charge in [-0.15, -0.1) is 35.3 Å². The van der Waals surface area contributed by atoms with E-state index in [0.29, 0.717) is 18.2 Å². The zero-order valence-electron chi connectivity index (χ0n) is 15.2. The lowest BCUT2D eigenvalue weighted by Crippen LogP contribution is -2.44. The average molecular weight is 506 g/mol. The molecule has 1 unspecified atom stereocenters. The quantitative estimate of drug-likeness (QED) is 0.265. The van der Waals surface area contributed by atoms with E-state index in [1.54, 1.807) is 6.92 Å². The molecule has 27 heavy (non-hydrogen) atoms. The maximum atomic E-state index is 12.9. The molecule has 0 spiro atoms. The molecule has 1 aromatic heterocycles. The van der Waals surface area contributed by atoms with Crippen LogP contribution in [0, 0.1) is 5.82 Å². The van der Waals surface area contributed by atoms with Crippen molar-refractivity contribution >= 4 is 52.9 Å². The van der Waals surface area contributed by atoms with Gasteiger partial charge in [0.05, 0.1) is 6.54 Å². The summed E-state index contributed by atoms with van der Waals surface area (Å²) >= 11 is 1.47. The van der Waals surface area contributed by atoms with Gasteiger partial charge in [0.2, 0.25) is 5.91 Å². The zero-order valence-corrected chi connectivity index (χ0v) is 18.3. The molecule has 2 rings (SSSR count). The minimum absolute atomic E-state index is 0. The molecule has 148 valence electrons. The van der Waals surface area contributed by atoms with Crippen molar-refractivity contribution in [3.05, 3.63) is 52.5 Å². The number of aliphatic hydroxyl groups is 1. The van der Waals surface area contributed by atoms with Gasteiger partial charge in [-0.25, -0.2) is 9.38 Å². The highest BCUT2D eigenvalue weighted by Crippen LogP contribution is 2.24. The third-order valence-electron chi connectivity index (χ3n) is 3.51. The van der Waals surface area contributed by atoms with Crippen LogP contribution in [0.2, 0.25) is 0 Å².